The first-order valence-electron chi connectivity index (χ1n) is 4.03. The molecule has 0 fully saturated rings. The first-order chi connectivity index (χ1) is 5.52. The molecule has 0 aromatic rings. The first kappa shape index (κ1) is 11.2. The fourth-order valence-electron chi connectivity index (χ4n) is 0.922. The van der Waals surface area contributed by atoms with Crippen LogP contribution in [0.15, 0.2) is 12.2 Å². The molecule has 1 N–H and O–H groups in total. The maximum absolute atomic E-state index is 10.9. The number of ether oxygens (including phenoxy) is 1. The lowest BCUT2D eigenvalue weighted by molar-refractivity contribution is -0.146. The first-order valence-corrected chi connectivity index (χ1v) is 4.03. The molecule has 0 aromatic carbocycles. The maximum Gasteiger partial charge on any atom is 0.309 e. The molecule has 0 rings (SSSR count). The van der Waals surface area contributed by atoms with Crippen molar-refractivity contribution in [3.63, 3.8) is 0 Å². The second-order valence-electron chi connectivity index (χ2n) is 2.84. The quantitative estimate of drug-likeness (QED) is 0.513. The Hall–Kier alpha value is -0.830. The lowest BCUT2D eigenvalue weighted by atomic mass is 10.0. The average molecular weight is 172 g/mol. The Labute approximate surface area is 73.0 Å². The molecular weight excluding hydrogens is 156 g/mol. The number of aliphatic hydroxyl groups is 1. The van der Waals surface area contributed by atoms with Crippen LogP contribution in [0.3, 0.4) is 0 Å². The minimum absolute atomic E-state index is 0.00514. The normalized spacial score (nSPS) is 16.0. The van der Waals surface area contributed by atoms with Crippen LogP contribution >= 0.6 is 0 Å². The second kappa shape index (κ2) is 4.93. The summed E-state index contributed by atoms with van der Waals surface area (Å²) >= 11 is 0. The Morgan fingerprint density at radius 3 is 2.67 bits per heavy atom. The van der Waals surface area contributed by atoms with Crippen LogP contribution in [0.4, 0.5) is 0 Å². The smallest absolute Gasteiger partial charge is 0.309 e. The maximum atomic E-state index is 10.9. The Morgan fingerprint density at radius 2 is 2.25 bits per heavy atom. The van der Waals surface area contributed by atoms with Crippen molar-refractivity contribution >= 4 is 5.97 Å². The monoisotopic (exact) mass is 172 g/mol. The van der Waals surface area contributed by atoms with Crippen molar-refractivity contribution in [2.24, 2.45) is 0 Å². The summed E-state index contributed by atoms with van der Waals surface area (Å²) in [5.41, 5.74) is -1.08. The van der Waals surface area contributed by atoms with Crippen molar-refractivity contribution in [1.29, 1.82) is 0 Å². The van der Waals surface area contributed by atoms with E-state index < -0.39 is 5.60 Å². The SMILES string of the molecule is C/C=C/C(C)(O)CC(=O)OCC. The summed E-state index contributed by atoms with van der Waals surface area (Å²) in [6.07, 6.45) is 3.29. The van der Waals surface area contributed by atoms with E-state index in [1.807, 2.05) is 0 Å². The molecule has 12 heavy (non-hydrogen) atoms. The Kier molecular flexibility index (Phi) is 4.59. The van der Waals surface area contributed by atoms with E-state index >= 15 is 0 Å². The predicted molar refractivity (Wildman–Crippen MR) is 46.7 cm³/mol. The Bertz CT molecular complexity index is 171. The summed E-state index contributed by atoms with van der Waals surface area (Å²) in [7, 11) is 0. The Balaban J connectivity index is 3.96. The largest absolute Gasteiger partial charge is 0.466 e. The van der Waals surface area contributed by atoms with Gasteiger partial charge in [0.05, 0.1) is 18.6 Å². The van der Waals surface area contributed by atoms with Gasteiger partial charge in [0.1, 0.15) is 0 Å². The zero-order valence-corrected chi connectivity index (χ0v) is 7.83. The third-order valence-electron chi connectivity index (χ3n) is 1.33. The molecule has 3 heteroatoms. The number of esters is 1. The molecule has 0 aliphatic carbocycles. The highest BCUT2D eigenvalue weighted by atomic mass is 16.5. The number of carbonyl (C=O) groups excluding carboxylic acids is 1. The van der Waals surface area contributed by atoms with Gasteiger partial charge in [-0.3, -0.25) is 4.79 Å². The van der Waals surface area contributed by atoms with E-state index in [2.05, 4.69) is 0 Å². The fourth-order valence-corrected chi connectivity index (χ4v) is 0.922. The molecule has 1 atom stereocenters. The van der Waals surface area contributed by atoms with Gasteiger partial charge in [0.25, 0.3) is 0 Å². The van der Waals surface area contributed by atoms with Gasteiger partial charge in [-0.1, -0.05) is 12.2 Å². The number of hydrogen-bond acceptors (Lipinski definition) is 3. The van der Waals surface area contributed by atoms with Gasteiger partial charge in [-0.2, -0.15) is 0 Å². The van der Waals surface area contributed by atoms with Crippen LogP contribution in [0.5, 0.6) is 0 Å². The Morgan fingerprint density at radius 1 is 1.67 bits per heavy atom. The van der Waals surface area contributed by atoms with Crippen molar-refractivity contribution in [2.45, 2.75) is 32.8 Å². The molecule has 0 amide bonds. The van der Waals surface area contributed by atoms with Crippen LogP contribution < -0.4 is 0 Å². The molecule has 0 saturated heterocycles. The minimum Gasteiger partial charge on any atom is -0.466 e. The third-order valence-corrected chi connectivity index (χ3v) is 1.33. The van der Waals surface area contributed by atoms with Crippen LogP contribution in [-0.2, 0) is 9.53 Å². The van der Waals surface area contributed by atoms with E-state index in [0.717, 1.165) is 0 Å². The van der Waals surface area contributed by atoms with E-state index in [1.165, 1.54) is 0 Å². The van der Waals surface area contributed by atoms with E-state index in [-0.39, 0.29) is 12.4 Å². The average Bonchev–Trinajstić information content (AvgIpc) is 1.85. The fraction of sp³-hybridized carbons (Fsp3) is 0.667. The van der Waals surface area contributed by atoms with Crippen molar-refractivity contribution in [2.75, 3.05) is 6.61 Å². The highest BCUT2D eigenvalue weighted by molar-refractivity contribution is 5.71. The van der Waals surface area contributed by atoms with Crippen molar-refractivity contribution in [3.8, 4) is 0 Å². The van der Waals surface area contributed by atoms with E-state index in [1.54, 1.807) is 32.9 Å². The number of rotatable bonds is 4. The van der Waals surface area contributed by atoms with Gasteiger partial charge in [-0.15, -0.1) is 0 Å². The molecule has 1 unspecified atom stereocenters. The molecule has 0 heterocycles. The highest BCUT2D eigenvalue weighted by Crippen LogP contribution is 2.11. The molecule has 0 radical (unpaired) electrons. The standard InChI is InChI=1S/C9H16O3/c1-4-6-9(3,11)7-8(10)12-5-2/h4,6,11H,5,7H2,1-3H3/b6-4+. The van der Waals surface area contributed by atoms with Crippen LogP contribution in [0.1, 0.15) is 27.2 Å². The van der Waals surface area contributed by atoms with Gasteiger partial charge in [-0.25, -0.2) is 0 Å². The van der Waals surface area contributed by atoms with Gasteiger partial charge < -0.3 is 9.84 Å². The highest BCUT2D eigenvalue weighted by Gasteiger charge is 2.21. The van der Waals surface area contributed by atoms with Crippen LogP contribution in [0.2, 0.25) is 0 Å². The van der Waals surface area contributed by atoms with Gasteiger partial charge in [0, 0.05) is 0 Å². The van der Waals surface area contributed by atoms with E-state index in [4.69, 9.17) is 4.74 Å². The number of hydrogen-bond donors (Lipinski definition) is 1. The summed E-state index contributed by atoms with van der Waals surface area (Å²) in [4.78, 5) is 10.9. The molecule has 0 saturated carbocycles. The second-order valence-corrected chi connectivity index (χ2v) is 2.84. The van der Waals surface area contributed by atoms with Crippen LogP contribution in [-0.4, -0.2) is 23.3 Å². The zero-order chi connectivity index (χ0) is 9.61. The summed E-state index contributed by atoms with van der Waals surface area (Å²) in [5, 5.41) is 9.52. The minimum atomic E-state index is -1.08. The van der Waals surface area contributed by atoms with Gasteiger partial charge >= 0.3 is 5.97 Å². The van der Waals surface area contributed by atoms with Crippen molar-refractivity contribution < 1.29 is 14.6 Å². The van der Waals surface area contributed by atoms with Crippen molar-refractivity contribution in [3.05, 3.63) is 12.2 Å². The van der Waals surface area contributed by atoms with Crippen molar-refractivity contribution in [1.82, 2.24) is 0 Å². The predicted octanol–water partition coefficient (Wildman–Crippen LogP) is 1.27. The molecule has 70 valence electrons. The van der Waals surface area contributed by atoms with Gasteiger partial charge in [0.15, 0.2) is 0 Å². The van der Waals surface area contributed by atoms with Crippen LogP contribution in [0, 0.1) is 0 Å². The van der Waals surface area contributed by atoms with E-state index in [0.29, 0.717) is 6.61 Å². The molecule has 3 nitrogen and oxygen atoms in total. The molecule has 0 spiro atoms. The lowest BCUT2D eigenvalue weighted by Gasteiger charge is -2.16. The number of carbonyl (C=O) groups is 1. The lowest BCUT2D eigenvalue weighted by Crippen LogP contribution is -2.26. The molecule has 0 aliphatic heterocycles. The van der Waals surface area contributed by atoms with Crippen LogP contribution in [0.25, 0.3) is 0 Å². The summed E-state index contributed by atoms with van der Waals surface area (Å²) in [6, 6.07) is 0. The summed E-state index contributed by atoms with van der Waals surface area (Å²) < 4.78 is 4.69. The molecule has 0 bridgehead atoms. The molecular formula is C9H16O3. The molecule has 0 aromatic heterocycles. The summed E-state index contributed by atoms with van der Waals surface area (Å²) in [6.45, 7) is 5.45. The molecule has 0 aliphatic rings. The summed E-state index contributed by atoms with van der Waals surface area (Å²) in [5.74, 6) is -0.374. The third kappa shape index (κ3) is 4.91. The van der Waals surface area contributed by atoms with E-state index in [9.17, 15) is 9.90 Å². The number of allylic oxidation sites excluding steroid dienone is 1. The van der Waals surface area contributed by atoms with Gasteiger partial charge in [-0.05, 0) is 20.8 Å². The van der Waals surface area contributed by atoms with Gasteiger partial charge in [0.2, 0.25) is 0 Å². The zero-order valence-electron chi connectivity index (χ0n) is 7.83. The topological polar surface area (TPSA) is 46.5 Å².